The van der Waals surface area contributed by atoms with Gasteiger partial charge in [0.1, 0.15) is 0 Å². The van der Waals surface area contributed by atoms with Crippen molar-refractivity contribution in [2.24, 2.45) is 0 Å². The number of hydrogen-bond acceptors (Lipinski definition) is 0. The molecule has 0 aromatic heterocycles. The Hall–Kier alpha value is -4.68. The molecule has 0 heterocycles. The van der Waals surface area contributed by atoms with E-state index in [1.165, 1.54) is 76.1 Å². The highest BCUT2D eigenvalue weighted by molar-refractivity contribution is 6.28. The summed E-state index contributed by atoms with van der Waals surface area (Å²) in [6.45, 7) is 0. The Bertz CT molecular complexity index is 2090. The van der Waals surface area contributed by atoms with E-state index in [1.807, 2.05) is 0 Å². The van der Waals surface area contributed by atoms with Crippen molar-refractivity contribution >= 4 is 53.9 Å². The lowest BCUT2D eigenvalue weighted by atomic mass is 9.86. The SMILES string of the molecule is c1ccc2cc(-c3ccc4ccc5ccc(-c6cccc7ccccc67)c6ccc3c4c56)ccc2c1. The zero-order chi connectivity index (χ0) is 23.6. The second kappa shape index (κ2) is 7.41. The van der Waals surface area contributed by atoms with Gasteiger partial charge in [0, 0.05) is 0 Å². The van der Waals surface area contributed by atoms with Crippen molar-refractivity contribution in [2.75, 3.05) is 0 Å². The summed E-state index contributed by atoms with van der Waals surface area (Å²) in [5, 5.41) is 13.1. The summed E-state index contributed by atoms with van der Waals surface area (Å²) >= 11 is 0. The van der Waals surface area contributed by atoms with Crippen LogP contribution < -0.4 is 0 Å². The summed E-state index contributed by atoms with van der Waals surface area (Å²) in [6, 6.07) is 49.1. The summed E-state index contributed by atoms with van der Waals surface area (Å²) < 4.78 is 0. The van der Waals surface area contributed by atoms with Crippen molar-refractivity contribution < 1.29 is 0 Å². The zero-order valence-electron chi connectivity index (χ0n) is 19.7. The molecule has 36 heavy (non-hydrogen) atoms. The van der Waals surface area contributed by atoms with Crippen molar-refractivity contribution in [3.63, 3.8) is 0 Å². The molecule has 0 aliphatic carbocycles. The minimum absolute atomic E-state index is 1.26. The fourth-order valence-corrected chi connectivity index (χ4v) is 6.10. The molecule has 166 valence electrons. The van der Waals surface area contributed by atoms with Crippen molar-refractivity contribution in [2.45, 2.75) is 0 Å². The van der Waals surface area contributed by atoms with Crippen LogP contribution in [0.5, 0.6) is 0 Å². The first-order chi connectivity index (χ1) is 17.8. The smallest absolute Gasteiger partial charge is 0.00203 e. The van der Waals surface area contributed by atoms with Crippen LogP contribution in [0.1, 0.15) is 0 Å². The van der Waals surface area contributed by atoms with Gasteiger partial charge < -0.3 is 0 Å². The number of hydrogen-bond donors (Lipinski definition) is 0. The highest BCUT2D eigenvalue weighted by Gasteiger charge is 2.16. The largest absolute Gasteiger partial charge is 0.0616 e. The number of fused-ring (bicyclic) bond motifs is 2. The van der Waals surface area contributed by atoms with Crippen LogP contribution in [-0.4, -0.2) is 0 Å². The molecule has 0 spiro atoms. The molecular weight excluding hydrogens is 432 g/mol. The van der Waals surface area contributed by atoms with Gasteiger partial charge in [-0.15, -0.1) is 0 Å². The summed E-state index contributed by atoms with van der Waals surface area (Å²) in [7, 11) is 0. The van der Waals surface area contributed by atoms with E-state index >= 15 is 0 Å². The molecule has 8 aromatic carbocycles. The third-order valence-corrected chi connectivity index (χ3v) is 7.80. The Labute approximate surface area is 209 Å². The monoisotopic (exact) mass is 454 g/mol. The van der Waals surface area contributed by atoms with Crippen molar-refractivity contribution in [3.8, 4) is 22.3 Å². The molecule has 0 saturated carbocycles. The Morgan fingerprint density at radius 1 is 0.278 bits per heavy atom. The fourth-order valence-electron chi connectivity index (χ4n) is 6.10. The number of rotatable bonds is 2. The van der Waals surface area contributed by atoms with Crippen LogP contribution in [0.15, 0.2) is 133 Å². The molecule has 0 heteroatoms. The van der Waals surface area contributed by atoms with Crippen LogP contribution in [0.4, 0.5) is 0 Å². The van der Waals surface area contributed by atoms with E-state index in [4.69, 9.17) is 0 Å². The average molecular weight is 455 g/mol. The van der Waals surface area contributed by atoms with E-state index in [-0.39, 0.29) is 0 Å². The standard InChI is InChI=1S/C36H22/c1-2-8-27-22-28(15-12-23(27)6-1)30-18-16-25-13-14-26-17-19-32(34-21-20-33(30)35(25)36(26)34)31-11-5-9-24-7-3-4-10-29(24)31/h1-22H. The minimum atomic E-state index is 1.26. The van der Waals surface area contributed by atoms with Crippen molar-refractivity contribution in [1.82, 2.24) is 0 Å². The summed E-state index contributed by atoms with van der Waals surface area (Å²) in [5.74, 6) is 0. The average Bonchev–Trinajstić information content (AvgIpc) is 2.95. The maximum absolute atomic E-state index is 2.34. The molecule has 0 bridgehead atoms. The van der Waals surface area contributed by atoms with Gasteiger partial charge in [0.15, 0.2) is 0 Å². The summed E-state index contributed by atoms with van der Waals surface area (Å²) in [5.41, 5.74) is 5.14. The Morgan fingerprint density at radius 2 is 0.833 bits per heavy atom. The van der Waals surface area contributed by atoms with Crippen LogP contribution in [0.2, 0.25) is 0 Å². The lowest BCUT2D eigenvalue weighted by molar-refractivity contribution is 1.68. The van der Waals surface area contributed by atoms with Gasteiger partial charge in [-0.3, -0.25) is 0 Å². The summed E-state index contributed by atoms with van der Waals surface area (Å²) in [6.07, 6.45) is 0. The molecule has 8 rings (SSSR count). The Morgan fingerprint density at radius 3 is 1.64 bits per heavy atom. The first-order valence-electron chi connectivity index (χ1n) is 12.5. The fraction of sp³-hybridized carbons (Fsp3) is 0. The van der Waals surface area contributed by atoms with Crippen LogP contribution in [0, 0.1) is 0 Å². The maximum Gasteiger partial charge on any atom is -0.00203 e. The predicted octanol–water partition coefficient (Wildman–Crippen LogP) is 10.2. The first kappa shape index (κ1) is 19.6. The van der Waals surface area contributed by atoms with E-state index in [9.17, 15) is 0 Å². The van der Waals surface area contributed by atoms with E-state index in [2.05, 4.69) is 133 Å². The molecular formula is C36H22. The molecule has 0 nitrogen and oxygen atoms in total. The van der Waals surface area contributed by atoms with Crippen LogP contribution in [0.3, 0.4) is 0 Å². The highest BCUT2D eigenvalue weighted by Crippen LogP contribution is 2.43. The quantitative estimate of drug-likeness (QED) is 0.228. The molecule has 0 saturated heterocycles. The minimum Gasteiger partial charge on any atom is -0.0616 e. The van der Waals surface area contributed by atoms with E-state index in [0.717, 1.165) is 0 Å². The molecule has 0 aliphatic heterocycles. The van der Waals surface area contributed by atoms with Crippen LogP contribution in [-0.2, 0) is 0 Å². The van der Waals surface area contributed by atoms with Gasteiger partial charge >= 0.3 is 0 Å². The van der Waals surface area contributed by atoms with Gasteiger partial charge in [-0.2, -0.15) is 0 Å². The maximum atomic E-state index is 2.34. The molecule has 0 fully saturated rings. The van der Waals surface area contributed by atoms with Crippen molar-refractivity contribution in [3.05, 3.63) is 133 Å². The second-order valence-electron chi connectivity index (χ2n) is 9.74. The van der Waals surface area contributed by atoms with E-state index in [1.54, 1.807) is 0 Å². The third kappa shape index (κ3) is 2.76. The normalized spacial score (nSPS) is 11.9. The van der Waals surface area contributed by atoms with Gasteiger partial charge in [-0.05, 0) is 82.2 Å². The lowest BCUT2D eigenvalue weighted by Crippen LogP contribution is -1.90. The topological polar surface area (TPSA) is 0 Å². The number of benzene rings is 8. The van der Waals surface area contributed by atoms with Gasteiger partial charge in [-0.1, -0.05) is 127 Å². The lowest BCUT2D eigenvalue weighted by Gasteiger charge is -2.17. The molecule has 0 aliphatic rings. The van der Waals surface area contributed by atoms with Gasteiger partial charge in [0.2, 0.25) is 0 Å². The molecule has 0 radical (unpaired) electrons. The Balaban J connectivity index is 1.45. The zero-order valence-corrected chi connectivity index (χ0v) is 19.7. The molecule has 0 atom stereocenters. The Kier molecular flexibility index (Phi) is 4.03. The summed E-state index contributed by atoms with van der Waals surface area (Å²) in [4.78, 5) is 0. The van der Waals surface area contributed by atoms with E-state index in [0.29, 0.717) is 0 Å². The highest BCUT2D eigenvalue weighted by atomic mass is 14.2. The molecule has 8 aromatic rings. The van der Waals surface area contributed by atoms with Crippen molar-refractivity contribution in [1.29, 1.82) is 0 Å². The van der Waals surface area contributed by atoms with Gasteiger partial charge in [0.25, 0.3) is 0 Å². The van der Waals surface area contributed by atoms with Crippen LogP contribution in [0.25, 0.3) is 76.1 Å². The van der Waals surface area contributed by atoms with Gasteiger partial charge in [-0.25, -0.2) is 0 Å². The first-order valence-corrected chi connectivity index (χ1v) is 12.5. The predicted molar refractivity (Wildman–Crippen MR) is 156 cm³/mol. The van der Waals surface area contributed by atoms with E-state index < -0.39 is 0 Å². The molecule has 0 unspecified atom stereocenters. The van der Waals surface area contributed by atoms with Gasteiger partial charge in [0.05, 0.1) is 0 Å². The second-order valence-corrected chi connectivity index (χ2v) is 9.74. The molecule has 0 N–H and O–H groups in total. The molecule has 0 amide bonds. The van der Waals surface area contributed by atoms with Crippen LogP contribution >= 0.6 is 0 Å². The third-order valence-electron chi connectivity index (χ3n) is 7.80.